The first kappa shape index (κ1) is 25.3. The van der Waals surface area contributed by atoms with Gasteiger partial charge in [0.2, 0.25) is 10.0 Å². The smallest absolute Gasteiger partial charge is 0.347 e. The number of hydrogen-bond donors (Lipinski definition) is 1. The molecule has 0 fully saturated rings. The molecule has 0 bridgehead atoms. The molecule has 0 aliphatic rings. The van der Waals surface area contributed by atoms with E-state index >= 15 is 0 Å². The van der Waals surface area contributed by atoms with E-state index in [4.69, 9.17) is 9.05 Å². The van der Waals surface area contributed by atoms with Crippen LogP contribution in [0.3, 0.4) is 0 Å². The van der Waals surface area contributed by atoms with Crippen LogP contribution in [0.1, 0.15) is 19.4 Å². The first-order valence-corrected chi connectivity index (χ1v) is 11.8. The summed E-state index contributed by atoms with van der Waals surface area (Å²) in [5.74, 6) is -2.31. The Morgan fingerprint density at radius 2 is 1.48 bits per heavy atom. The van der Waals surface area contributed by atoms with E-state index in [0.29, 0.717) is 0 Å². The van der Waals surface area contributed by atoms with E-state index in [0.717, 1.165) is 19.8 Å². The van der Waals surface area contributed by atoms with E-state index in [-0.39, 0.29) is 18.1 Å². The van der Waals surface area contributed by atoms with Gasteiger partial charge in [-0.1, -0.05) is 17.7 Å². The number of hydrogen-bond acceptors (Lipinski definition) is 9. The van der Waals surface area contributed by atoms with Gasteiger partial charge in [-0.2, -0.15) is 4.72 Å². The Balaban J connectivity index is 3.50. The van der Waals surface area contributed by atoms with Gasteiger partial charge in [0.15, 0.2) is 5.66 Å². The minimum atomic E-state index is -4.31. The molecule has 12 heteroatoms. The van der Waals surface area contributed by atoms with Gasteiger partial charge in [0.25, 0.3) is 0 Å². The Labute approximate surface area is 170 Å². The molecule has 1 aromatic rings. The van der Waals surface area contributed by atoms with Gasteiger partial charge in [-0.15, -0.1) is 0 Å². The third-order valence-corrected chi connectivity index (χ3v) is 7.67. The maximum Gasteiger partial charge on any atom is 0.347 e. The maximum atomic E-state index is 13.3. The summed E-state index contributed by atoms with van der Waals surface area (Å²) in [6.07, 6.45) is 0. The minimum Gasteiger partial charge on any atom is -0.468 e. The number of carbonyl (C=O) groups excluding carboxylic acids is 2. The average molecular weight is 451 g/mol. The fourth-order valence-electron chi connectivity index (χ4n) is 2.45. The Kier molecular flexibility index (Phi) is 9.44. The zero-order valence-electron chi connectivity index (χ0n) is 16.9. The third-order valence-electron chi connectivity index (χ3n) is 3.79. The molecule has 0 radical (unpaired) electrons. The maximum absolute atomic E-state index is 13.3. The van der Waals surface area contributed by atoms with Crippen LogP contribution in [0, 0.1) is 6.92 Å². The van der Waals surface area contributed by atoms with Gasteiger partial charge in [-0.25, -0.2) is 8.42 Å². The van der Waals surface area contributed by atoms with E-state index in [1.807, 2.05) is 0 Å². The number of methoxy groups -OCH3 is 2. The molecule has 164 valence electrons. The quantitative estimate of drug-likeness (QED) is 0.393. The van der Waals surface area contributed by atoms with Crippen molar-refractivity contribution >= 4 is 29.6 Å². The highest BCUT2D eigenvalue weighted by Gasteiger charge is 2.52. The van der Waals surface area contributed by atoms with Gasteiger partial charge in [0.1, 0.15) is 6.04 Å². The van der Waals surface area contributed by atoms with Gasteiger partial charge >= 0.3 is 19.5 Å². The van der Waals surface area contributed by atoms with Crippen LogP contribution >= 0.6 is 7.60 Å². The fraction of sp³-hybridized carbons (Fsp3) is 0.529. The van der Waals surface area contributed by atoms with E-state index in [2.05, 4.69) is 14.2 Å². The second-order valence-electron chi connectivity index (χ2n) is 5.78. The summed E-state index contributed by atoms with van der Waals surface area (Å²) < 4.78 is 60.5. The molecule has 2 unspecified atom stereocenters. The first-order chi connectivity index (χ1) is 13.6. The van der Waals surface area contributed by atoms with Gasteiger partial charge in [-0.3, -0.25) is 14.2 Å². The summed E-state index contributed by atoms with van der Waals surface area (Å²) >= 11 is 0. The Hall–Kier alpha value is -1.78. The van der Waals surface area contributed by atoms with Crippen LogP contribution in [0.15, 0.2) is 29.2 Å². The highest BCUT2D eigenvalue weighted by Crippen LogP contribution is 2.54. The molecule has 1 N–H and O–H groups in total. The highest BCUT2D eigenvalue weighted by atomic mass is 32.2. The second kappa shape index (κ2) is 10.8. The lowest BCUT2D eigenvalue weighted by Crippen LogP contribution is -2.52. The number of ether oxygens (including phenoxy) is 2. The number of benzene rings is 1. The molecule has 0 aromatic heterocycles. The van der Waals surface area contributed by atoms with Crippen molar-refractivity contribution in [2.24, 2.45) is 0 Å². The molecule has 29 heavy (non-hydrogen) atoms. The van der Waals surface area contributed by atoms with Crippen molar-refractivity contribution in [2.75, 3.05) is 27.4 Å². The first-order valence-electron chi connectivity index (χ1n) is 8.69. The van der Waals surface area contributed by atoms with Crippen molar-refractivity contribution in [2.45, 2.75) is 37.4 Å². The van der Waals surface area contributed by atoms with E-state index in [1.165, 1.54) is 26.0 Å². The van der Waals surface area contributed by atoms with Crippen LogP contribution < -0.4 is 4.72 Å². The summed E-state index contributed by atoms with van der Waals surface area (Å²) in [7, 11) is -6.62. The largest absolute Gasteiger partial charge is 0.468 e. The SMILES string of the molecule is CCOP(=O)(OCC)C(C(=O)OC)C(NS(=O)(=O)c1ccc(C)cc1)C(=O)OC. The Morgan fingerprint density at radius 1 is 1.00 bits per heavy atom. The fourth-order valence-corrected chi connectivity index (χ4v) is 5.79. The van der Waals surface area contributed by atoms with Gasteiger partial charge in [0.05, 0.1) is 32.3 Å². The molecule has 0 saturated carbocycles. The molecular formula is C17H26NO9PS. The molecule has 1 rings (SSSR count). The van der Waals surface area contributed by atoms with Crippen LogP contribution in [0.2, 0.25) is 0 Å². The Bertz CT molecular complexity index is 844. The lowest BCUT2D eigenvalue weighted by molar-refractivity contribution is -0.149. The molecule has 2 atom stereocenters. The molecule has 0 spiro atoms. The van der Waals surface area contributed by atoms with Crippen LogP contribution in [-0.2, 0) is 42.7 Å². The van der Waals surface area contributed by atoms with Gasteiger partial charge in [0, 0.05) is 0 Å². The molecule has 0 aliphatic heterocycles. The standard InChI is InChI=1S/C17H26NO9PS/c1-6-26-28(21,27-7-2)15(17(20)25-5)14(16(19)24-4)18-29(22,23)13-10-8-12(3)9-11-13/h8-11,14-15,18H,6-7H2,1-5H3. The van der Waals surface area contributed by atoms with Crippen molar-refractivity contribution < 1.29 is 41.1 Å². The topological polar surface area (TPSA) is 134 Å². The number of carbonyl (C=O) groups is 2. The molecule has 10 nitrogen and oxygen atoms in total. The molecule has 0 aliphatic carbocycles. The van der Waals surface area contributed by atoms with Crippen LogP contribution in [0.25, 0.3) is 0 Å². The normalized spacial score (nSPS) is 14.1. The molecular weight excluding hydrogens is 425 g/mol. The van der Waals surface area contributed by atoms with E-state index in [1.54, 1.807) is 19.1 Å². The van der Waals surface area contributed by atoms with Crippen molar-refractivity contribution in [3.05, 3.63) is 29.8 Å². The predicted molar refractivity (Wildman–Crippen MR) is 104 cm³/mol. The van der Waals surface area contributed by atoms with Crippen LogP contribution in [-0.4, -0.2) is 59.5 Å². The summed E-state index contributed by atoms with van der Waals surface area (Å²) in [6, 6.07) is 3.85. The van der Waals surface area contributed by atoms with Crippen molar-refractivity contribution in [3.63, 3.8) is 0 Å². The number of nitrogens with one attached hydrogen (secondary N) is 1. The predicted octanol–water partition coefficient (Wildman–Crippen LogP) is 1.62. The zero-order valence-corrected chi connectivity index (χ0v) is 18.6. The number of esters is 2. The lowest BCUT2D eigenvalue weighted by Gasteiger charge is -2.29. The van der Waals surface area contributed by atoms with Crippen molar-refractivity contribution in [1.82, 2.24) is 4.72 Å². The van der Waals surface area contributed by atoms with Gasteiger partial charge in [-0.05, 0) is 32.9 Å². The Morgan fingerprint density at radius 3 is 1.90 bits per heavy atom. The summed E-state index contributed by atoms with van der Waals surface area (Å²) in [5, 5.41) is 0. The summed E-state index contributed by atoms with van der Waals surface area (Å²) in [6.45, 7) is 4.54. The van der Waals surface area contributed by atoms with E-state index in [9.17, 15) is 22.6 Å². The van der Waals surface area contributed by atoms with Crippen LogP contribution in [0.4, 0.5) is 0 Å². The summed E-state index contributed by atoms with van der Waals surface area (Å²) in [5.41, 5.74) is -1.10. The van der Waals surface area contributed by atoms with Gasteiger partial charge < -0.3 is 18.5 Å². The number of aryl methyl sites for hydroxylation is 1. The minimum absolute atomic E-state index is 0.122. The third kappa shape index (κ3) is 6.35. The zero-order chi connectivity index (χ0) is 22.2. The van der Waals surface area contributed by atoms with Crippen LogP contribution in [0.5, 0.6) is 0 Å². The summed E-state index contributed by atoms with van der Waals surface area (Å²) in [4.78, 5) is 24.7. The van der Waals surface area contributed by atoms with E-state index < -0.39 is 41.3 Å². The molecule has 0 amide bonds. The highest BCUT2D eigenvalue weighted by molar-refractivity contribution is 7.89. The molecule has 0 heterocycles. The number of rotatable bonds is 11. The van der Waals surface area contributed by atoms with Crippen molar-refractivity contribution in [1.29, 1.82) is 0 Å². The molecule has 0 saturated heterocycles. The number of sulfonamides is 1. The van der Waals surface area contributed by atoms with Crippen molar-refractivity contribution in [3.8, 4) is 0 Å². The second-order valence-corrected chi connectivity index (χ2v) is 9.64. The monoisotopic (exact) mass is 451 g/mol. The lowest BCUT2D eigenvalue weighted by atomic mass is 10.2. The average Bonchev–Trinajstić information content (AvgIpc) is 2.67. The molecule has 1 aromatic carbocycles.